The van der Waals surface area contributed by atoms with E-state index in [1.165, 1.54) is 0 Å². The molecule has 0 unspecified atom stereocenters. The van der Waals surface area contributed by atoms with E-state index in [0.29, 0.717) is 17.6 Å². The average Bonchev–Trinajstić information content (AvgIpc) is 2.64. The fraction of sp³-hybridized carbons (Fsp3) is 0.438. The minimum atomic E-state index is -0.932. The van der Waals surface area contributed by atoms with E-state index in [1.54, 1.807) is 6.07 Å². The van der Waals surface area contributed by atoms with Crippen LogP contribution >= 0.6 is 0 Å². The van der Waals surface area contributed by atoms with Gasteiger partial charge in [-0.2, -0.15) is 0 Å². The minimum Gasteiger partial charge on any atom is -0.478 e. The van der Waals surface area contributed by atoms with Crippen LogP contribution in [0.4, 0.5) is 0 Å². The van der Waals surface area contributed by atoms with Crippen LogP contribution < -0.4 is 0 Å². The van der Waals surface area contributed by atoms with Gasteiger partial charge in [0.2, 0.25) is 0 Å². The number of aromatic nitrogens is 1. The van der Waals surface area contributed by atoms with Crippen LogP contribution in [0, 0.1) is 6.92 Å². The molecular weight excluding hydrogens is 254 g/mol. The van der Waals surface area contributed by atoms with Gasteiger partial charge >= 0.3 is 5.97 Å². The highest BCUT2D eigenvalue weighted by Gasteiger charge is 2.21. The van der Waals surface area contributed by atoms with Crippen LogP contribution in [0.5, 0.6) is 0 Å². The Morgan fingerprint density at radius 2 is 1.90 bits per heavy atom. The Balaban J connectivity index is 2.82. The van der Waals surface area contributed by atoms with Crippen molar-refractivity contribution in [3.63, 3.8) is 0 Å². The molecule has 108 valence electrons. The molecule has 0 spiro atoms. The smallest absolute Gasteiger partial charge is 0.337 e. The van der Waals surface area contributed by atoms with Crippen molar-refractivity contribution in [3.05, 3.63) is 35.0 Å². The third-order valence-electron chi connectivity index (χ3n) is 3.62. The first-order valence-electron chi connectivity index (χ1n) is 6.74. The Labute approximate surface area is 118 Å². The van der Waals surface area contributed by atoms with Crippen molar-refractivity contribution in [2.45, 2.75) is 39.7 Å². The lowest BCUT2D eigenvalue weighted by atomic mass is 9.85. The summed E-state index contributed by atoms with van der Waals surface area (Å²) in [4.78, 5) is 11.6. The predicted octanol–water partition coefficient (Wildman–Crippen LogP) is 2.94. The summed E-state index contributed by atoms with van der Waals surface area (Å²) < 4.78 is 1.87. The van der Waals surface area contributed by atoms with Gasteiger partial charge in [0.25, 0.3) is 0 Å². The molecular formula is C16H21NO3. The van der Waals surface area contributed by atoms with Gasteiger partial charge in [-0.15, -0.1) is 0 Å². The molecule has 0 saturated carbocycles. The molecule has 0 bridgehead atoms. The summed E-state index contributed by atoms with van der Waals surface area (Å²) in [5.41, 5.74) is 2.85. The van der Waals surface area contributed by atoms with E-state index in [1.807, 2.05) is 23.6 Å². The number of aromatic carboxylic acids is 1. The Hall–Kier alpha value is -1.81. The fourth-order valence-electron chi connectivity index (χ4n) is 2.53. The second-order valence-electron chi connectivity index (χ2n) is 6.18. The molecule has 0 saturated heterocycles. The van der Waals surface area contributed by atoms with Crippen LogP contribution in [0.15, 0.2) is 18.2 Å². The summed E-state index contributed by atoms with van der Waals surface area (Å²) in [7, 11) is 0. The molecule has 4 heteroatoms. The van der Waals surface area contributed by atoms with Crippen molar-refractivity contribution in [1.29, 1.82) is 0 Å². The molecule has 0 atom stereocenters. The van der Waals surface area contributed by atoms with Crippen LogP contribution in [-0.4, -0.2) is 27.4 Å². The molecule has 1 aromatic carbocycles. The molecule has 1 aromatic heterocycles. The highest BCUT2D eigenvalue weighted by molar-refractivity contribution is 6.03. The first kappa shape index (κ1) is 14.6. The monoisotopic (exact) mass is 275 g/mol. The van der Waals surface area contributed by atoms with Gasteiger partial charge in [-0.1, -0.05) is 20.8 Å². The number of aliphatic hydroxyl groups is 1. The molecule has 0 radical (unpaired) electrons. The highest BCUT2D eigenvalue weighted by Crippen LogP contribution is 2.31. The molecule has 0 aliphatic rings. The third-order valence-corrected chi connectivity index (χ3v) is 3.62. The number of carboxylic acid groups (broad SMARTS) is 1. The Morgan fingerprint density at radius 3 is 2.40 bits per heavy atom. The fourth-order valence-corrected chi connectivity index (χ4v) is 2.53. The highest BCUT2D eigenvalue weighted by atomic mass is 16.4. The number of aryl methyl sites for hydroxylation is 1. The van der Waals surface area contributed by atoms with E-state index in [2.05, 4.69) is 20.8 Å². The standard InChI is InChI=1S/C16H21NO3/c1-10-7-11-8-12(16(2,3)4)9-13(15(19)20)14(11)17(10)5-6-18/h7-9,18H,5-6H2,1-4H3,(H,19,20). The van der Waals surface area contributed by atoms with Gasteiger partial charge in [0.05, 0.1) is 17.7 Å². The average molecular weight is 275 g/mol. The Kier molecular flexibility index (Phi) is 3.61. The second-order valence-corrected chi connectivity index (χ2v) is 6.18. The maximum Gasteiger partial charge on any atom is 0.337 e. The van der Waals surface area contributed by atoms with Gasteiger partial charge in [-0.05, 0) is 36.1 Å². The molecule has 2 N–H and O–H groups in total. The molecule has 2 aromatic rings. The molecule has 1 heterocycles. The van der Waals surface area contributed by atoms with Gasteiger partial charge in [0.15, 0.2) is 0 Å². The third kappa shape index (κ3) is 2.43. The van der Waals surface area contributed by atoms with Crippen molar-refractivity contribution >= 4 is 16.9 Å². The quantitative estimate of drug-likeness (QED) is 0.905. The normalized spacial score (nSPS) is 12.1. The first-order chi connectivity index (χ1) is 9.25. The van der Waals surface area contributed by atoms with E-state index < -0.39 is 5.97 Å². The lowest BCUT2D eigenvalue weighted by molar-refractivity contribution is 0.0698. The Bertz CT molecular complexity index is 662. The van der Waals surface area contributed by atoms with E-state index in [4.69, 9.17) is 5.11 Å². The number of carbonyl (C=O) groups is 1. The van der Waals surface area contributed by atoms with Crippen molar-refractivity contribution in [1.82, 2.24) is 4.57 Å². The summed E-state index contributed by atoms with van der Waals surface area (Å²) in [5, 5.41) is 19.6. The molecule has 20 heavy (non-hydrogen) atoms. The van der Waals surface area contributed by atoms with Crippen LogP contribution in [0.25, 0.3) is 10.9 Å². The maximum absolute atomic E-state index is 11.6. The van der Waals surface area contributed by atoms with Gasteiger partial charge < -0.3 is 14.8 Å². The van der Waals surface area contributed by atoms with Crippen LogP contribution in [0.1, 0.15) is 42.4 Å². The molecule has 2 rings (SSSR count). The van der Waals surface area contributed by atoms with Crippen LogP contribution in [0.3, 0.4) is 0 Å². The zero-order valence-electron chi connectivity index (χ0n) is 12.4. The maximum atomic E-state index is 11.6. The lowest BCUT2D eigenvalue weighted by Gasteiger charge is -2.20. The molecule has 0 fully saturated rings. The lowest BCUT2D eigenvalue weighted by Crippen LogP contribution is -2.14. The zero-order chi connectivity index (χ0) is 15.1. The number of carboxylic acids is 1. The number of benzene rings is 1. The number of fused-ring (bicyclic) bond motifs is 1. The summed E-state index contributed by atoms with van der Waals surface area (Å²) in [6, 6.07) is 5.77. The number of hydrogen-bond acceptors (Lipinski definition) is 2. The van der Waals surface area contributed by atoms with E-state index in [0.717, 1.165) is 16.6 Å². The minimum absolute atomic E-state index is 0.00922. The van der Waals surface area contributed by atoms with E-state index in [9.17, 15) is 9.90 Å². The number of aliphatic hydroxyl groups excluding tert-OH is 1. The van der Waals surface area contributed by atoms with Gasteiger partial charge in [0.1, 0.15) is 0 Å². The van der Waals surface area contributed by atoms with E-state index in [-0.39, 0.29) is 12.0 Å². The van der Waals surface area contributed by atoms with Gasteiger partial charge in [-0.3, -0.25) is 0 Å². The zero-order valence-corrected chi connectivity index (χ0v) is 12.4. The summed E-state index contributed by atoms with van der Waals surface area (Å²) in [6.07, 6.45) is 0. The first-order valence-corrected chi connectivity index (χ1v) is 6.74. The van der Waals surface area contributed by atoms with Crippen molar-refractivity contribution in [3.8, 4) is 0 Å². The number of nitrogens with zero attached hydrogens (tertiary/aromatic N) is 1. The summed E-state index contributed by atoms with van der Waals surface area (Å²) >= 11 is 0. The summed E-state index contributed by atoms with van der Waals surface area (Å²) in [5.74, 6) is -0.932. The molecule has 0 amide bonds. The summed E-state index contributed by atoms with van der Waals surface area (Å²) in [6.45, 7) is 8.53. The SMILES string of the molecule is Cc1cc2cc(C(C)(C)C)cc(C(=O)O)c2n1CCO. The molecule has 0 aliphatic heterocycles. The van der Waals surface area contributed by atoms with E-state index >= 15 is 0 Å². The number of rotatable bonds is 3. The van der Waals surface area contributed by atoms with Crippen LogP contribution in [-0.2, 0) is 12.0 Å². The van der Waals surface area contributed by atoms with Crippen molar-refractivity contribution < 1.29 is 15.0 Å². The van der Waals surface area contributed by atoms with Crippen LogP contribution in [0.2, 0.25) is 0 Å². The Morgan fingerprint density at radius 1 is 1.25 bits per heavy atom. The van der Waals surface area contributed by atoms with Gasteiger partial charge in [-0.25, -0.2) is 4.79 Å². The topological polar surface area (TPSA) is 62.5 Å². The second kappa shape index (κ2) is 4.94. The van der Waals surface area contributed by atoms with Crippen molar-refractivity contribution in [2.75, 3.05) is 6.61 Å². The van der Waals surface area contributed by atoms with Gasteiger partial charge in [0, 0.05) is 17.6 Å². The van der Waals surface area contributed by atoms with Crippen molar-refractivity contribution in [2.24, 2.45) is 0 Å². The number of hydrogen-bond donors (Lipinski definition) is 2. The molecule has 4 nitrogen and oxygen atoms in total. The largest absolute Gasteiger partial charge is 0.478 e. The molecule has 0 aliphatic carbocycles. The predicted molar refractivity (Wildman–Crippen MR) is 79.4 cm³/mol.